The second kappa shape index (κ2) is 11.2. The molecule has 0 fully saturated rings. The van der Waals surface area contributed by atoms with Gasteiger partial charge in [0.05, 0.1) is 13.2 Å². The lowest BCUT2D eigenvalue weighted by atomic mass is 10.2. The number of halogens is 1. The molecule has 5 nitrogen and oxygen atoms in total. The number of hydrogen-bond acceptors (Lipinski definition) is 4. The Labute approximate surface area is 137 Å². The number of benzene rings is 1. The van der Waals surface area contributed by atoms with E-state index in [2.05, 4.69) is 17.6 Å². The molecule has 0 aromatic heterocycles. The second-order valence-corrected chi connectivity index (χ2v) is 5.21. The number of hydrogen-bond donors (Lipinski definition) is 2. The van der Waals surface area contributed by atoms with Crippen LogP contribution in [-0.2, 0) is 11.3 Å². The van der Waals surface area contributed by atoms with E-state index in [9.17, 15) is 4.79 Å². The zero-order chi connectivity index (χ0) is 16.2. The van der Waals surface area contributed by atoms with Crippen LogP contribution < -0.4 is 15.4 Å². The van der Waals surface area contributed by atoms with Gasteiger partial charge in [-0.1, -0.05) is 24.9 Å². The summed E-state index contributed by atoms with van der Waals surface area (Å²) in [4.78, 5) is 11.3. The molecular formula is C16H25ClN2O3. The molecule has 1 rings (SSSR count). The number of amides is 1. The van der Waals surface area contributed by atoms with E-state index in [1.807, 2.05) is 25.1 Å². The van der Waals surface area contributed by atoms with Crippen molar-refractivity contribution < 1.29 is 14.3 Å². The molecule has 0 aliphatic rings. The van der Waals surface area contributed by atoms with E-state index in [1.54, 1.807) is 0 Å². The maximum Gasteiger partial charge on any atom is 0.407 e. The first kappa shape index (κ1) is 18.6. The molecular weight excluding hydrogens is 304 g/mol. The van der Waals surface area contributed by atoms with Crippen LogP contribution in [0, 0.1) is 0 Å². The molecule has 0 bridgehead atoms. The predicted molar refractivity (Wildman–Crippen MR) is 88.6 cm³/mol. The molecule has 0 saturated carbocycles. The average Bonchev–Trinajstić information content (AvgIpc) is 2.50. The van der Waals surface area contributed by atoms with E-state index in [0.29, 0.717) is 37.9 Å². The van der Waals surface area contributed by atoms with Gasteiger partial charge in [-0.25, -0.2) is 4.79 Å². The molecule has 1 aromatic carbocycles. The van der Waals surface area contributed by atoms with Crippen molar-refractivity contribution >= 4 is 17.7 Å². The van der Waals surface area contributed by atoms with Gasteiger partial charge in [0.25, 0.3) is 0 Å². The average molecular weight is 329 g/mol. The van der Waals surface area contributed by atoms with E-state index >= 15 is 0 Å². The summed E-state index contributed by atoms with van der Waals surface area (Å²) in [6, 6.07) is 5.56. The maximum atomic E-state index is 11.3. The Morgan fingerprint density at radius 3 is 2.82 bits per heavy atom. The van der Waals surface area contributed by atoms with Crippen LogP contribution in [-0.4, -0.2) is 32.4 Å². The molecule has 22 heavy (non-hydrogen) atoms. The summed E-state index contributed by atoms with van der Waals surface area (Å²) >= 11 is 6.00. The van der Waals surface area contributed by atoms with Gasteiger partial charge in [0.15, 0.2) is 0 Å². The highest BCUT2D eigenvalue weighted by Gasteiger charge is 2.05. The fraction of sp³-hybridized carbons (Fsp3) is 0.562. The van der Waals surface area contributed by atoms with Gasteiger partial charge in [-0.2, -0.15) is 0 Å². The SMILES string of the molecule is CCCCOC(=O)NCCNCc1cc(Cl)ccc1OCC. The molecule has 124 valence electrons. The van der Waals surface area contributed by atoms with Crippen LogP contribution in [0.5, 0.6) is 5.75 Å². The van der Waals surface area contributed by atoms with Gasteiger partial charge in [0.2, 0.25) is 0 Å². The van der Waals surface area contributed by atoms with Crippen LogP contribution >= 0.6 is 11.6 Å². The van der Waals surface area contributed by atoms with Crippen molar-refractivity contribution in [3.63, 3.8) is 0 Å². The van der Waals surface area contributed by atoms with E-state index in [-0.39, 0.29) is 6.09 Å². The zero-order valence-electron chi connectivity index (χ0n) is 13.3. The summed E-state index contributed by atoms with van der Waals surface area (Å²) < 4.78 is 10.6. The minimum absolute atomic E-state index is 0.368. The first-order chi connectivity index (χ1) is 10.7. The number of unbranched alkanes of at least 4 members (excludes halogenated alkanes) is 1. The van der Waals surface area contributed by atoms with Crippen molar-refractivity contribution in [3.05, 3.63) is 28.8 Å². The summed E-state index contributed by atoms with van der Waals surface area (Å²) in [7, 11) is 0. The monoisotopic (exact) mass is 328 g/mol. The second-order valence-electron chi connectivity index (χ2n) is 4.78. The molecule has 0 saturated heterocycles. The number of nitrogens with one attached hydrogen (secondary N) is 2. The van der Waals surface area contributed by atoms with E-state index in [4.69, 9.17) is 21.1 Å². The lowest BCUT2D eigenvalue weighted by molar-refractivity contribution is 0.144. The van der Waals surface area contributed by atoms with Gasteiger partial charge in [0, 0.05) is 30.2 Å². The molecule has 6 heteroatoms. The summed E-state index contributed by atoms with van der Waals surface area (Å²) in [6.07, 6.45) is 1.53. The first-order valence-corrected chi connectivity index (χ1v) is 8.07. The minimum Gasteiger partial charge on any atom is -0.494 e. The topological polar surface area (TPSA) is 59.6 Å². The molecule has 0 spiro atoms. The van der Waals surface area contributed by atoms with Crippen molar-refractivity contribution in [2.75, 3.05) is 26.3 Å². The molecule has 0 unspecified atom stereocenters. The number of carbonyl (C=O) groups excluding carboxylic acids is 1. The van der Waals surface area contributed by atoms with Crippen LogP contribution in [0.25, 0.3) is 0 Å². The third kappa shape index (κ3) is 7.52. The molecule has 0 aliphatic carbocycles. The van der Waals surface area contributed by atoms with Crippen molar-refractivity contribution in [2.24, 2.45) is 0 Å². The largest absolute Gasteiger partial charge is 0.494 e. The Morgan fingerprint density at radius 1 is 1.27 bits per heavy atom. The highest BCUT2D eigenvalue weighted by Crippen LogP contribution is 2.22. The van der Waals surface area contributed by atoms with Gasteiger partial charge in [-0.15, -0.1) is 0 Å². The Hall–Kier alpha value is -1.46. The van der Waals surface area contributed by atoms with Crippen molar-refractivity contribution in [2.45, 2.75) is 33.2 Å². The van der Waals surface area contributed by atoms with Crippen LogP contribution in [0.2, 0.25) is 5.02 Å². The Balaban J connectivity index is 2.24. The number of ether oxygens (including phenoxy) is 2. The summed E-state index contributed by atoms with van der Waals surface area (Å²) in [5.41, 5.74) is 1.000. The Kier molecular flexibility index (Phi) is 9.42. The third-order valence-electron chi connectivity index (χ3n) is 2.94. The summed E-state index contributed by atoms with van der Waals surface area (Å²) in [6.45, 7) is 6.85. The van der Waals surface area contributed by atoms with Gasteiger partial charge in [-0.3, -0.25) is 0 Å². The summed E-state index contributed by atoms with van der Waals surface area (Å²) in [5.74, 6) is 0.825. The molecule has 0 atom stereocenters. The van der Waals surface area contributed by atoms with Crippen LogP contribution in [0.1, 0.15) is 32.3 Å². The molecule has 2 N–H and O–H groups in total. The van der Waals surface area contributed by atoms with Gasteiger partial charge in [-0.05, 0) is 31.5 Å². The Morgan fingerprint density at radius 2 is 2.09 bits per heavy atom. The lowest BCUT2D eigenvalue weighted by Crippen LogP contribution is -2.32. The quantitative estimate of drug-likeness (QED) is 0.647. The number of rotatable bonds is 10. The number of carbonyl (C=O) groups is 1. The summed E-state index contributed by atoms with van der Waals surface area (Å²) in [5, 5.41) is 6.62. The van der Waals surface area contributed by atoms with Crippen LogP contribution in [0.4, 0.5) is 4.79 Å². The third-order valence-corrected chi connectivity index (χ3v) is 3.18. The first-order valence-electron chi connectivity index (χ1n) is 7.70. The fourth-order valence-corrected chi connectivity index (χ4v) is 2.01. The highest BCUT2D eigenvalue weighted by atomic mass is 35.5. The van der Waals surface area contributed by atoms with Crippen molar-refractivity contribution in [3.8, 4) is 5.75 Å². The van der Waals surface area contributed by atoms with Crippen molar-refractivity contribution in [1.82, 2.24) is 10.6 Å². The van der Waals surface area contributed by atoms with E-state index in [0.717, 1.165) is 24.2 Å². The molecule has 0 radical (unpaired) electrons. The maximum absolute atomic E-state index is 11.3. The zero-order valence-corrected chi connectivity index (χ0v) is 14.0. The van der Waals surface area contributed by atoms with Crippen LogP contribution in [0.3, 0.4) is 0 Å². The molecule has 1 amide bonds. The Bertz CT molecular complexity index is 455. The standard InChI is InChI=1S/C16H25ClN2O3/c1-3-5-10-22-16(20)19-9-8-18-12-13-11-14(17)6-7-15(13)21-4-2/h6-7,11,18H,3-5,8-10,12H2,1-2H3,(H,19,20). The van der Waals surface area contributed by atoms with Gasteiger partial charge < -0.3 is 20.1 Å². The van der Waals surface area contributed by atoms with E-state index in [1.165, 1.54) is 0 Å². The smallest absolute Gasteiger partial charge is 0.407 e. The van der Waals surface area contributed by atoms with Gasteiger partial charge >= 0.3 is 6.09 Å². The van der Waals surface area contributed by atoms with Crippen LogP contribution in [0.15, 0.2) is 18.2 Å². The minimum atomic E-state index is -0.368. The molecule has 0 aliphatic heterocycles. The lowest BCUT2D eigenvalue weighted by Gasteiger charge is -2.12. The van der Waals surface area contributed by atoms with Crippen molar-refractivity contribution in [1.29, 1.82) is 0 Å². The fourth-order valence-electron chi connectivity index (χ4n) is 1.82. The predicted octanol–water partition coefficient (Wildman–Crippen LogP) is 3.35. The molecule has 0 heterocycles. The normalized spacial score (nSPS) is 10.3. The molecule has 1 aromatic rings. The van der Waals surface area contributed by atoms with E-state index < -0.39 is 0 Å². The van der Waals surface area contributed by atoms with Gasteiger partial charge in [0.1, 0.15) is 5.75 Å². The highest BCUT2D eigenvalue weighted by molar-refractivity contribution is 6.30. The number of alkyl carbamates (subject to hydrolysis) is 1.